The van der Waals surface area contributed by atoms with Crippen molar-refractivity contribution in [2.75, 3.05) is 0 Å². The van der Waals surface area contributed by atoms with E-state index in [4.69, 9.17) is 0 Å². The zero-order chi connectivity index (χ0) is 12.6. The van der Waals surface area contributed by atoms with Crippen LogP contribution in [0.15, 0.2) is 30.6 Å². The Kier molecular flexibility index (Phi) is 2.73. The van der Waals surface area contributed by atoms with Gasteiger partial charge in [-0.3, -0.25) is 0 Å². The smallest absolute Gasteiger partial charge is 0.161 e. The van der Waals surface area contributed by atoms with Crippen molar-refractivity contribution in [3.05, 3.63) is 47.8 Å². The Labute approximate surface area is 98.9 Å². The number of rotatable bonds is 1. The predicted molar refractivity (Wildman–Crippen MR) is 62.2 cm³/mol. The number of hydrogen-bond acceptors (Lipinski definition) is 1. The van der Waals surface area contributed by atoms with Crippen LogP contribution in [0.25, 0.3) is 5.69 Å². The largest absolute Gasteiger partial charge is 0.238 e. The molecular weight excluding hydrogens is 222 g/mol. The molecule has 0 fully saturated rings. The summed E-state index contributed by atoms with van der Waals surface area (Å²) in [6.45, 7) is 5.79. The van der Waals surface area contributed by atoms with Gasteiger partial charge < -0.3 is 0 Å². The third-order valence-corrected chi connectivity index (χ3v) is 2.57. The molecule has 1 aromatic heterocycles. The second-order valence-corrected chi connectivity index (χ2v) is 5.02. The molecule has 0 saturated carbocycles. The van der Waals surface area contributed by atoms with E-state index in [1.807, 2.05) is 20.8 Å². The Morgan fingerprint density at radius 1 is 1.18 bits per heavy atom. The SMILES string of the molecule is CC(C)(C)c1cc(-n2cc(F)cn2)ccc1F. The third-order valence-electron chi connectivity index (χ3n) is 2.57. The van der Waals surface area contributed by atoms with Gasteiger partial charge >= 0.3 is 0 Å². The number of aromatic nitrogens is 2. The molecule has 0 saturated heterocycles. The first kappa shape index (κ1) is 11.8. The maximum Gasteiger partial charge on any atom is 0.161 e. The molecule has 2 nitrogen and oxygen atoms in total. The molecule has 0 unspecified atom stereocenters. The fourth-order valence-corrected chi connectivity index (χ4v) is 1.67. The normalized spacial score (nSPS) is 11.8. The molecule has 0 amide bonds. The first-order valence-electron chi connectivity index (χ1n) is 5.38. The predicted octanol–water partition coefficient (Wildman–Crippen LogP) is 3.45. The maximum absolute atomic E-state index is 13.7. The van der Waals surface area contributed by atoms with Crippen molar-refractivity contribution in [2.45, 2.75) is 26.2 Å². The number of hydrogen-bond donors (Lipinski definition) is 0. The summed E-state index contributed by atoms with van der Waals surface area (Å²) in [6, 6.07) is 4.66. The Hall–Kier alpha value is -1.71. The van der Waals surface area contributed by atoms with Crippen LogP contribution in [0.4, 0.5) is 8.78 Å². The summed E-state index contributed by atoms with van der Waals surface area (Å²) in [6.07, 6.45) is 2.39. The van der Waals surface area contributed by atoms with Gasteiger partial charge in [0.05, 0.1) is 18.1 Å². The van der Waals surface area contributed by atoms with Crippen LogP contribution >= 0.6 is 0 Å². The van der Waals surface area contributed by atoms with Crippen molar-refractivity contribution in [3.8, 4) is 5.69 Å². The minimum absolute atomic E-state index is 0.256. The summed E-state index contributed by atoms with van der Waals surface area (Å²) in [7, 11) is 0. The molecular formula is C13H14F2N2. The Balaban J connectivity index is 2.51. The van der Waals surface area contributed by atoms with E-state index in [1.54, 1.807) is 12.1 Å². The second kappa shape index (κ2) is 3.95. The highest BCUT2D eigenvalue weighted by Gasteiger charge is 2.19. The summed E-state index contributed by atoms with van der Waals surface area (Å²) < 4.78 is 27.9. The Morgan fingerprint density at radius 3 is 2.41 bits per heavy atom. The molecule has 2 aromatic rings. The van der Waals surface area contributed by atoms with Crippen molar-refractivity contribution in [1.82, 2.24) is 9.78 Å². The maximum atomic E-state index is 13.7. The van der Waals surface area contributed by atoms with E-state index >= 15 is 0 Å². The summed E-state index contributed by atoms with van der Waals surface area (Å²) in [4.78, 5) is 0. The molecule has 1 aromatic carbocycles. The molecule has 0 spiro atoms. The number of halogens is 2. The molecule has 1 heterocycles. The molecule has 4 heteroatoms. The zero-order valence-corrected chi connectivity index (χ0v) is 10.0. The van der Waals surface area contributed by atoms with Gasteiger partial charge in [-0.15, -0.1) is 0 Å². The average molecular weight is 236 g/mol. The van der Waals surface area contributed by atoms with Gasteiger partial charge in [-0.2, -0.15) is 5.10 Å². The molecule has 0 aliphatic heterocycles. The van der Waals surface area contributed by atoms with Crippen molar-refractivity contribution in [1.29, 1.82) is 0 Å². The van der Waals surface area contributed by atoms with Crippen molar-refractivity contribution in [2.24, 2.45) is 0 Å². The Morgan fingerprint density at radius 2 is 1.88 bits per heavy atom. The summed E-state index contributed by atoms with van der Waals surface area (Å²) in [5, 5.41) is 3.86. The van der Waals surface area contributed by atoms with Crippen LogP contribution in [-0.4, -0.2) is 9.78 Å². The van der Waals surface area contributed by atoms with Crippen LogP contribution in [-0.2, 0) is 5.41 Å². The van der Waals surface area contributed by atoms with Gasteiger partial charge in [0.15, 0.2) is 5.82 Å². The molecule has 0 aliphatic rings. The van der Waals surface area contributed by atoms with E-state index < -0.39 is 5.82 Å². The second-order valence-electron chi connectivity index (χ2n) is 5.02. The fraction of sp³-hybridized carbons (Fsp3) is 0.308. The van der Waals surface area contributed by atoms with Crippen molar-refractivity contribution >= 4 is 0 Å². The van der Waals surface area contributed by atoms with Gasteiger partial charge in [-0.25, -0.2) is 13.5 Å². The quantitative estimate of drug-likeness (QED) is 0.741. The van der Waals surface area contributed by atoms with Gasteiger partial charge in [-0.1, -0.05) is 20.8 Å². The van der Waals surface area contributed by atoms with Crippen LogP contribution in [0.2, 0.25) is 0 Å². The van der Waals surface area contributed by atoms with E-state index in [9.17, 15) is 8.78 Å². The van der Waals surface area contributed by atoms with E-state index in [0.29, 0.717) is 11.3 Å². The van der Waals surface area contributed by atoms with Crippen LogP contribution in [0.5, 0.6) is 0 Å². The van der Waals surface area contributed by atoms with Crippen LogP contribution < -0.4 is 0 Å². The highest BCUT2D eigenvalue weighted by molar-refractivity contribution is 5.38. The molecule has 2 rings (SSSR count). The van der Waals surface area contributed by atoms with Gasteiger partial charge in [0.1, 0.15) is 5.82 Å². The van der Waals surface area contributed by atoms with Crippen LogP contribution in [0.3, 0.4) is 0 Å². The molecule has 0 radical (unpaired) electrons. The fourth-order valence-electron chi connectivity index (χ4n) is 1.67. The summed E-state index contributed by atoms with van der Waals surface area (Å²) >= 11 is 0. The minimum atomic E-state index is -0.411. The monoisotopic (exact) mass is 236 g/mol. The minimum Gasteiger partial charge on any atom is -0.238 e. The highest BCUT2D eigenvalue weighted by Crippen LogP contribution is 2.26. The van der Waals surface area contributed by atoms with E-state index in [1.165, 1.54) is 16.9 Å². The number of nitrogens with zero attached hydrogens (tertiary/aromatic N) is 2. The van der Waals surface area contributed by atoms with E-state index in [-0.39, 0.29) is 11.2 Å². The lowest BCUT2D eigenvalue weighted by Gasteiger charge is -2.20. The molecule has 0 N–H and O–H groups in total. The van der Waals surface area contributed by atoms with Crippen LogP contribution in [0.1, 0.15) is 26.3 Å². The molecule has 90 valence electrons. The zero-order valence-electron chi connectivity index (χ0n) is 10.0. The number of benzene rings is 1. The first-order valence-corrected chi connectivity index (χ1v) is 5.38. The van der Waals surface area contributed by atoms with Crippen LogP contribution in [0, 0.1) is 11.6 Å². The summed E-state index contributed by atoms with van der Waals surface area (Å²) in [5.74, 6) is -0.666. The Bertz CT molecular complexity index is 539. The lowest BCUT2D eigenvalue weighted by molar-refractivity contribution is 0.522. The average Bonchev–Trinajstić information content (AvgIpc) is 2.64. The van der Waals surface area contributed by atoms with Gasteiger partial charge in [-0.05, 0) is 29.2 Å². The summed E-state index contributed by atoms with van der Waals surface area (Å²) in [5.41, 5.74) is 0.942. The molecule has 0 atom stereocenters. The standard InChI is InChI=1S/C13H14F2N2/c1-13(2,3)11-6-10(4-5-12(11)15)17-8-9(14)7-16-17/h4-8H,1-3H3. The lowest BCUT2D eigenvalue weighted by atomic mass is 9.86. The molecule has 17 heavy (non-hydrogen) atoms. The van der Waals surface area contributed by atoms with Gasteiger partial charge in [0.2, 0.25) is 0 Å². The molecule has 0 aliphatic carbocycles. The van der Waals surface area contributed by atoms with Gasteiger partial charge in [0, 0.05) is 0 Å². The molecule has 0 bridgehead atoms. The van der Waals surface area contributed by atoms with Crippen molar-refractivity contribution < 1.29 is 8.78 Å². The topological polar surface area (TPSA) is 17.8 Å². The van der Waals surface area contributed by atoms with E-state index in [0.717, 1.165) is 6.20 Å². The third kappa shape index (κ3) is 2.35. The van der Waals surface area contributed by atoms with Gasteiger partial charge in [0.25, 0.3) is 0 Å². The van der Waals surface area contributed by atoms with Crippen molar-refractivity contribution in [3.63, 3.8) is 0 Å². The highest BCUT2D eigenvalue weighted by atomic mass is 19.1. The lowest BCUT2D eigenvalue weighted by Crippen LogP contribution is -2.14. The van der Waals surface area contributed by atoms with E-state index in [2.05, 4.69) is 5.10 Å². The first-order chi connectivity index (χ1) is 7.88.